The minimum absolute atomic E-state index is 0.265. The molecule has 0 saturated carbocycles. The summed E-state index contributed by atoms with van der Waals surface area (Å²) >= 11 is 0. The van der Waals surface area contributed by atoms with Crippen LogP contribution in [0.5, 0.6) is 0 Å². The lowest BCUT2D eigenvalue weighted by molar-refractivity contribution is 0.167. The third-order valence-electron chi connectivity index (χ3n) is 3.20. The van der Waals surface area contributed by atoms with E-state index in [0.29, 0.717) is 13.0 Å². The van der Waals surface area contributed by atoms with Gasteiger partial charge >= 0.3 is 6.03 Å². The Morgan fingerprint density at radius 1 is 1.10 bits per heavy atom. The third-order valence-corrected chi connectivity index (χ3v) is 3.20. The number of nitrogens with one attached hydrogen (secondary N) is 2. The van der Waals surface area contributed by atoms with Gasteiger partial charge in [-0.05, 0) is 31.0 Å². The Morgan fingerprint density at radius 3 is 2.43 bits per heavy atom. The Balaban J connectivity index is 1.73. The molecular formula is C17H20N2O2. The largest absolute Gasteiger partial charge is 0.388 e. The van der Waals surface area contributed by atoms with Gasteiger partial charge in [0.15, 0.2) is 0 Å². The molecule has 0 aliphatic rings. The van der Waals surface area contributed by atoms with Crippen molar-refractivity contribution in [3.63, 3.8) is 0 Å². The van der Waals surface area contributed by atoms with Crippen LogP contribution in [0, 0.1) is 6.92 Å². The quantitative estimate of drug-likeness (QED) is 0.789. The molecule has 0 bridgehead atoms. The zero-order valence-electron chi connectivity index (χ0n) is 12.0. The van der Waals surface area contributed by atoms with Crippen LogP contribution in [-0.2, 0) is 0 Å². The van der Waals surface area contributed by atoms with Crippen LogP contribution in [0.4, 0.5) is 10.5 Å². The van der Waals surface area contributed by atoms with Gasteiger partial charge in [0.2, 0.25) is 0 Å². The van der Waals surface area contributed by atoms with Gasteiger partial charge in [-0.15, -0.1) is 0 Å². The molecule has 1 atom stereocenters. The van der Waals surface area contributed by atoms with Crippen LogP contribution in [0.1, 0.15) is 23.7 Å². The van der Waals surface area contributed by atoms with E-state index in [9.17, 15) is 9.90 Å². The molecule has 4 nitrogen and oxygen atoms in total. The summed E-state index contributed by atoms with van der Waals surface area (Å²) in [6.07, 6.45) is -0.0865. The van der Waals surface area contributed by atoms with E-state index in [2.05, 4.69) is 10.6 Å². The highest BCUT2D eigenvalue weighted by molar-refractivity contribution is 5.89. The molecule has 2 aromatic rings. The van der Waals surface area contributed by atoms with E-state index in [1.807, 2.05) is 61.5 Å². The number of amides is 2. The molecule has 2 aromatic carbocycles. The molecule has 21 heavy (non-hydrogen) atoms. The van der Waals surface area contributed by atoms with Crippen LogP contribution in [-0.4, -0.2) is 17.7 Å². The van der Waals surface area contributed by atoms with Gasteiger partial charge in [-0.3, -0.25) is 0 Å². The third kappa shape index (κ3) is 4.93. The van der Waals surface area contributed by atoms with E-state index in [1.165, 1.54) is 0 Å². The second kappa shape index (κ2) is 7.45. The Kier molecular flexibility index (Phi) is 5.35. The fraction of sp³-hybridized carbons (Fsp3) is 0.235. The summed E-state index contributed by atoms with van der Waals surface area (Å²) in [6, 6.07) is 16.7. The molecule has 1 unspecified atom stereocenters. The molecule has 110 valence electrons. The summed E-state index contributed by atoms with van der Waals surface area (Å²) in [4.78, 5) is 11.7. The number of rotatable bonds is 5. The van der Waals surface area contributed by atoms with Gasteiger partial charge in [-0.2, -0.15) is 0 Å². The number of aryl methyl sites for hydroxylation is 1. The van der Waals surface area contributed by atoms with Gasteiger partial charge in [0.25, 0.3) is 0 Å². The van der Waals surface area contributed by atoms with Crippen LogP contribution < -0.4 is 10.6 Å². The van der Waals surface area contributed by atoms with E-state index >= 15 is 0 Å². The number of urea groups is 1. The number of aliphatic hydroxyl groups is 1. The van der Waals surface area contributed by atoms with Crippen molar-refractivity contribution < 1.29 is 9.90 Å². The molecule has 2 amide bonds. The monoisotopic (exact) mass is 284 g/mol. The topological polar surface area (TPSA) is 61.4 Å². The van der Waals surface area contributed by atoms with Gasteiger partial charge in [0.05, 0.1) is 6.10 Å². The van der Waals surface area contributed by atoms with Crippen LogP contribution in [0.15, 0.2) is 54.6 Å². The van der Waals surface area contributed by atoms with Gasteiger partial charge < -0.3 is 15.7 Å². The molecule has 0 aliphatic carbocycles. The fourth-order valence-electron chi connectivity index (χ4n) is 1.98. The molecule has 2 rings (SSSR count). The van der Waals surface area contributed by atoms with Gasteiger partial charge in [-0.25, -0.2) is 4.79 Å². The second-order valence-corrected chi connectivity index (χ2v) is 4.96. The highest BCUT2D eigenvalue weighted by Crippen LogP contribution is 2.15. The fourth-order valence-corrected chi connectivity index (χ4v) is 1.98. The Labute approximate surface area is 124 Å². The second-order valence-electron chi connectivity index (χ2n) is 4.96. The summed E-state index contributed by atoms with van der Waals surface area (Å²) in [6.45, 7) is 2.41. The Bertz CT molecular complexity index is 567. The molecule has 0 radical (unpaired) electrons. The average Bonchev–Trinajstić information content (AvgIpc) is 2.50. The average molecular weight is 284 g/mol. The first-order chi connectivity index (χ1) is 10.1. The molecule has 3 N–H and O–H groups in total. The lowest BCUT2D eigenvalue weighted by Crippen LogP contribution is -2.30. The van der Waals surface area contributed by atoms with Gasteiger partial charge in [-0.1, -0.05) is 48.0 Å². The van der Waals surface area contributed by atoms with E-state index in [1.54, 1.807) is 0 Å². The lowest BCUT2D eigenvalue weighted by Gasteiger charge is -2.12. The van der Waals surface area contributed by atoms with Crippen molar-refractivity contribution in [2.45, 2.75) is 19.4 Å². The minimum Gasteiger partial charge on any atom is -0.388 e. The zero-order valence-corrected chi connectivity index (χ0v) is 12.0. The highest BCUT2D eigenvalue weighted by Gasteiger charge is 2.07. The molecule has 0 fully saturated rings. The maximum absolute atomic E-state index is 11.7. The molecule has 4 heteroatoms. The summed E-state index contributed by atoms with van der Waals surface area (Å²) in [7, 11) is 0. The van der Waals surface area contributed by atoms with Crippen molar-refractivity contribution in [1.82, 2.24) is 5.32 Å². The number of benzene rings is 2. The van der Waals surface area contributed by atoms with Crippen LogP contribution in [0.2, 0.25) is 0 Å². The predicted octanol–water partition coefficient (Wildman–Crippen LogP) is 3.24. The molecule has 0 aliphatic heterocycles. The summed E-state index contributed by atoms with van der Waals surface area (Å²) in [5, 5.41) is 15.5. The Morgan fingerprint density at radius 2 is 1.76 bits per heavy atom. The first-order valence-electron chi connectivity index (χ1n) is 6.99. The van der Waals surface area contributed by atoms with Crippen molar-refractivity contribution >= 4 is 11.7 Å². The van der Waals surface area contributed by atoms with Gasteiger partial charge in [0.1, 0.15) is 0 Å². The van der Waals surface area contributed by atoms with Crippen LogP contribution in [0.25, 0.3) is 0 Å². The SMILES string of the molecule is Cc1ccc(NC(=O)NCCC(O)c2ccccc2)cc1. The number of carbonyl (C=O) groups excluding carboxylic acids is 1. The minimum atomic E-state index is -0.564. The molecule has 0 aromatic heterocycles. The normalized spacial score (nSPS) is 11.7. The number of aliphatic hydroxyl groups excluding tert-OH is 1. The van der Waals surface area contributed by atoms with Crippen LogP contribution in [0.3, 0.4) is 0 Å². The first-order valence-corrected chi connectivity index (χ1v) is 6.99. The number of hydrogen-bond donors (Lipinski definition) is 3. The van der Waals surface area contributed by atoms with E-state index in [0.717, 1.165) is 16.8 Å². The maximum Gasteiger partial charge on any atom is 0.319 e. The highest BCUT2D eigenvalue weighted by atomic mass is 16.3. The summed E-state index contributed by atoms with van der Waals surface area (Å²) in [5.74, 6) is 0. The van der Waals surface area contributed by atoms with E-state index in [4.69, 9.17) is 0 Å². The van der Waals surface area contributed by atoms with Crippen molar-refractivity contribution in [1.29, 1.82) is 0 Å². The van der Waals surface area contributed by atoms with Crippen molar-refractivity contribution in [3.8, 4) is 0 Å². The first kappa shape index (κ1) is 15.1. The smallest absolute Gasteiger partial charge is 0.319 e. The van der Waals surface area contributed by atoms with E-state index in [-0.39, 0.29) is 6.03 Å². The summed E-state index contributed by atoms with van der Waals surface area (Å²) in [5.41, 5.74) is 2.76. The van der Waals surface area contributed by atoms with Gasteiger partial charge in [0, 0.05) is 12.2 Å². The predicted molar refractivity (Wildman–Crippen MR) is 84.2 cm³/mol. The molecular weight excluding hydrogens is 264 g/mol. The Hall–Kier alpha value is -2.33. The summed E-state index contributed by atoms with van der Waals surface area (Å²) < 4.78 is 0. The number of hydrogen-bond acceptors (Lipinski definition) is 2. The maximum atomic E-state index is 11.7. The lowest BCUT2D eigenvalue weighted by atomic mass is 10.1. The zero-order chi connectivity index (χ0) is 15.1. The van der Waals surface area contributed by atoms with Crippen molar-refractivity contribution in [2.75, 3.05) is 11.9 Å². The molecule has 0 spiro atoms. The molecule has 0 heterocycles. The van der Waals surface area contributed by atoms with Crippen molar-refractivity contribution in [2.24, 2.45) is 0 Å². The number of anilines is 1. The number of carbonyl (C=O) groups is 1. The molecule has 0 saturated heterocycles. The van der Waals surface area contributed by atoms with E-state index < -0.39 is 6.10 Å². The van der Waals surface area contributed by atoms with Crippen LogP contribution >= 0.6 is 0 Å². The van der Waals surface area contributed by atoms with Crippen molar-refractivity contribution in [3.05, 3.63) is 65.7 Å². The standard InChI is InChI=1S/C17H20N2O2/c1-13-7-9-15(10-8-13)19-17(21)18-12-11-16(20)14-5-3-2-4-6-14/h2-10,16,20H,11-12H2,1H3,(H2,18,19,21).